The van der Waals surface area contributed by atoms with Crippen molar-refractivity contribution in [2.45, 2.75) is 12.1 Å². The predicted molar refractivity (Wildman–Crippen MR) is 97.4 cm³/mol. The van der Waals surface area contributed by atoms with E-state index in [0.717, 1.165) is 0 Å². The highest BCUT2D eigenvalue weighted by Crippen LogP contribution is 2.18. The molecule has 0 radical (unpaired) electrons. The molecule has 1 aromatic heterocycles. The monoisotopic (exact) mass is 364 g/mol. The van der Waals surface area contributed by atoms with Gasteiger partial charge in [0.1, 0.15) is 11.4 Å². The number of carbonyl (C=O) groups is 1. The molecular weight excluding hydrogens is 344 g/mol. The maximum Gasteiger partial charge on any atom is 0.277 e. The van der Waals surface area contributed by atoms with Gasteiger partial charge in [-0.2, -0.15) is 0 Å². The molecule has 0 saturated heterocycles. The first kappa shape index (κ1) is 18.8. The molecule has 0 unspecified atom stereocenters. The van der Waals surface area contributed by atoms with E-state index in [2.05, 4.69) is 15.3 Å². The van der Waals surface area contributed by atoms with E-state index in [1.54, 1.807) is 31.4 Å². The number of rotatable bonds is 8. The minimum absolute atomic E-state index is 0.0389. The van der Waals surface area contributed by atoms with Crippen LogP contribution in [0.4, 0.5) is 11.5 Å². The second kappa shape index (κ2) is 9.09. The third-order valence-corrected chi connectivity index (χ3v) is 3.96. The summed E-state index contributed by atoms with van der Waals surface area (Å²) >= 11 is 1.31. The van der Waals surface area contributed by atoms with E-state index < -0.39 is 11.5 Å². The van der Waals surface area contributed by atoms with E-state index in [-0.39, 0.29) is 11.5 Å². The molecule has 0 aliphatic carbocycles. The second-order valence-electron chi connectivity index (χ2n) is 4.88. The summed E-state index contributed by atoms with van der Waals surface area (Å²) in [6, 6.07) is 6.57. The number of aromatic nitrogens is 2. The molecule has 2 rings (SSSR count). The van der Waals surface area contributed by atoms with Gasteiger partial charge in [0.15, 0.2) is 11.0 Å². The fraction of sp³-hybridized carbons (Fsp3) is 0.312. The number of anilines is 2. The zero-order valence-electron chi connectivity index (χ0n) is 14.0. The number of carbonyl (C=O) groups excluding carboxylic acids is 1. The molecule has 4 N–H and O–H groups in total. The van der Waals surface area contributed by atoms with Crippen molar-refractivity contribution >= 4 is 29.2 Å². The molecule has 1 aromatic carbocycles. The number of H-pyrrole nitrogens is 1. The zero-order chi connectivity index (χ0) is 18.2. The number of nitrogens with one attached hydrogen (secondary N) is 2. The third kappa shape index (κ3) is 5.23. The number of benzene rings is 1. The van der Waals surface area contributed by atoms with E-state index in [1.807, 2.05) is 6.92 Å². The molecule has 0 saturated carbocycles. The lowest BCUT2D eigenvalue weighted by Crippen LogP contribution is -2.23. The van der Waals surface area contributed by atoms with Crippen LogP contribution in [-0.4, -0.2) is 42.0 Å². The Bertz CT molecular complexity index is 777. The van der Waals surface area contributed by atoms with E-state index in [9.17, 15) is 9.59 Å². The Morgan fingerprint density at radius 1 is 1.36 bits per heavy atom. The molecule has 9 heteroatoms. The molecule has 2 aromatic rings. The summed E-state index contributed by atoms with van der Waals surface area (Å²) in [4.78, 5) is 31.1. The van der Waals surface area contributed by atoms with E-state index in [1.165, 1.54) is 11.8 Å². The fourth-order valence-corrected chi connectivity index (χ4v) is 2.71. The molecular formula is C16H20N4O4S. The van der Waals surface area contributed by atoms with Crippen molar-refractivity contribution in [3.63, 3.8) is 0 Å². The van der Waals surface area contributed by atoms with Crippen LogP contribution in [0.3, 0.4) is 0 Å². The van der Waals surface area contributed by atoms with Crippen molar-refractivity contribution in [1.82, 2.24) is 9.97 Å². The van der Waals surface area contributed by atoms with Crippen LogP contribution in [0.15, 0.2) is 34.2 Å². The van der Waals surface area contributed by atoms with Gasteiger partial charge < -0.3 is 20.5 Å². The molecule has 0 atom stereocenters. The average Bonchev–Trinajstić information content (AvgIpc) is 2.59. The lowest BCUT2D eigenvalue weighted by atomic mass is 10.2. The lowest BCUT2D eigenvalue weighted by molar-refractivity contribution is 0.102. The van der Waals surface area contributed by atoms with Gasteiger partial charge >= 0.3 is 0 Å². The number of ether oxygens (including phenoxy) is 2. The molecule has 0 bridgehead atoms. The van der Waals surface area contributed by atoms with Crippen LogP contribution in [0.5, 0.6) is 5.75 Å². The average molecular weight is 364 g/mol. The number of nitrogens with two attached hydrogens (primary N) is 1. The molecule has 25 heavy (non-hydrogen) atoms. The number of hydrogen-bond acceptors (Lipinski definition) is 7. The molecule has 0 aliphatic heterocycles. The van der Waals surface area contributed by atoms with Crippen LogP contribution in [0, 0.1) is 0 Å². The normalized spacial score (nSPS) is 10.5. The first-order chi connectivity index (χ1) is 12.0. The van der Waals surface area contributed by atoms with Crippen LogP contribution >= 0.6 is 11.8 Å². The zero-order valence-corrected chi connectivity index (χ0v) is 14.8. The maximum absolute atomic E-state index is 12.3. The molecule has 0 fully saturated rings. The lowest BCUT2D eigenvalue weighted by Gasteiger charge is -2.09. The van der Waals surface area contributed by atoms with Gasteiger partial charge in [-0.1, -0.05) is 11.8 Å². The van der Waals surface area contributed by atoms with Gasteiger partial charge in [-0.25, -0.2) is 4.98 Å². The van der Waals surface area contributed by atoms with Gasteiger partial charge in [-0.05, 0) is 31.2 Å². The van der Waals surface area contributed by atoms with Crippen molar-refractivity contribution in [1.29, 1.82) is 0 Å². The molecule has 1 heterocycles. The van der Waals surface area contributed by atoms with E-state index in [0.29, 0.717) is 35.4 Å². The van der Waals surface area contributed by atoms with Crippen LogP contribution in [0.25, 0.3) is 0 Å². The highest BCUT2D eigenvalue weighted by molar-refractivity contribution is 7.99. The first-order valence-corrected chi connectivity index (χ1v) is 8.59. The fourth-order valence-electron chi connectivity index (χ4n) is 1.93. The highest BCUT2D eigenvalue weighted by atomic mass is 32.2. The van der Waals surface area contributed by atoms with Crippen molar-refractivity contribution in [3.05, 3.63) is 40.2 Å². The van der Waals surface area contributed by atoms with Gasteiger partial charge in [0.05, 0.1) is 13.2 Å². The van der Waals surface area contributed by atoms with E-state index in [4.69, 9.17) is 15.2 Å². The molecule has 8 nitrogen and oxygen atoms in total. The molecule has 1 amide bonds. The summed E-state index contributed by atoms with van der Waals surface area (Å²) in [6.07, 6.45) is 0. The third-order valence-electron chi connectivity index (χ3n) is 3.12. The standard InChI is InChI=1S/C16H20N4O4S/c1-3-24-11-6-4-10(5-7-11)14(21)18-12-13(17)19-16(20-15(12)22)25-9-8-23-2/h4-7H,3,8-9H2,1-2H3,(H,18,21)(H3,17,19,20,22). The summed E-state index contributed by atoms with van der Waals surface area (Å²) in [5, 5.41) is 2.87. The smallest absolute Gasteiger partial charge is 0.277 e. The summed E-state index contributed by atoms with van der Waals surface area (Å²) < 4.78 is 10.3. The van der Waals surface area contributed by atoms with Gasteiger partial charge in [-0.15, -0.1) is 0 Å². The van der Waals surface area contributed by atoms with Crippen LogP contribution in [0.2, 0.25) is 0 Å². The van der Waals surface area contributed by atoms with Crippen molar-refractivity contribution in [2.75, 3.05) is 37.1 Å². The Hall–Kier alpha value is -2.52. The molecule has 0 aliphatic rings. The Morgan fingerprint density at radius 3 is 2.68 bits per heavy atom. The Morgan fingerprint density at radius 2 is 2.08 bits per heavy atom. The van der Waals surface area contributed by atoms with E-state index >= 15 is 0 Å². The molecule has 134 valence electrons. The van der Waals surface area contributed by atoms with Crippen molar-refractivity contribution < 1.29 is 14.3 Å². The highest BCUT2D eigenvalue weighted by Gasteiger charge is 2.14. The second-order valence-corrected chi connectivity index (χ2v) is 5.97. The van der Waals surface area contributed by atoms with Crippen LogP contribution in [0.1, 0.15) is 17.3 Å². The number of nitrogens with zero attached hydrogens (tertiary/aromatic N) is 1. The van der Waals surface area contributed by atoms with Crippen molar-refractivity contribution in [3.8, 4) is 5.75 Å². The minimum atomic E-state index is -0.508. The van der Waals surface area contributed by atoms with Crippen LogP contribution in [-0.2, 0) is 4.74 Å². The number of aromatic amines is 1. The molecule has 0 spiro atoms. The number of methoxy groups -OCH3 is 1. The maximum atomic E-state index is 12.3. The quantitative estimate of drug-likeness (QED) is 0.371. The topological polar surface area (TPSA) is 119 Å². The first-order valence-electron chi connectivity index (χ1n) is 7.61. The van der Waals surface area contributed by atoms with Crippen LogP contribution < -0.4 is 21.3 Å². The predicted octanol–water partition coefficient (Wildman–Crippen LogP) is 1.74. The largest absolute Gasteiger partial charge is 0.494 e. The number of hydrogen-bond donors (Lipinski definition) is 3. The van der Waals surface area contributed by atoms with Gasteiger partial charge in [-0.3, -0.25) is 14.6 Å². The minimum Gasteiger partial charge on any atom is -0.494 e. The SMILES string of the molecule is CCOc1ccc(C(=O)Nc2c(N)nc(SCCOC)[nH]c2=O)cc1. The summed E-state index contributed by atoms with van der Waals surface area (Å²) in [7, 11) is 1.59. The summed E-state index contributed by atoms with van der Waals surface area (Å²) in [6.45, 7) is 2.93. The van der Waals surface area contributed by atoms with Gasteiger partial charge in [0, 0.05) is 18.4 Å². The summed E-state index contributed by atoms with van der Waals surface area (Å²) in [5.74, 6) is 0.789. The number of thioether (sulfide) groups is 1. The Kier molecular flexibility index (Phi) is 6.84. The van der Waals surface area contributed by atoms with Gasteiger partial charge in [0.25, 0.3) is 11.5 Å². The number of nitrogen functional groups attached to an aromatic ring is 1. The van der Waals surface area contributed by atoms with Crippen molar-refractivity contribution in [2.24, 2.45) is 0 Å². The van der Waals surface area contributed by atoms with Gasteiger partial charge in [0.2, 0.25) is 0 Å². The Balaban J connectivity index is 2.11. The number of amides is 1. The Labute approximate surface area is 149 Å². The summed E-state index contributed by atoms with van der Waals surface area (Å²) in [5.41, 5.74) is 5.60.